The van der Waals surface area contributed by atoms with E-state index in [0.717, 1.165) is 12.3 Å². The van der Waals surface area contributed by atoms with E-state index in [1.54, 1.807) is 0 Å². The van der Waals surface area contributed by atoms with Crippen LogP contribution in [0.25, 0.3) is 22.1 Å². The van der Waals surface area contributed by atoms with E-state index in [1.165, 1.54) is 30.3 Å². The molecule has 0 bridgehead atoms. The van der Waals surface area contributed by atoms with Crippen molar-refractivity contribution in [3.8, 4) is 11.1 Å². The van der Waals surface area contributed by atoms with Gasteiger partial charge in [0, 0.05) is 16.7 Å². The van der Waals surface area contributed by atoms with Gasteiger partial charge < -0.3 is 4.42 Å². The molecular weight excluding hydrogens is 286 g/mol. The molecule has 0 spiro atoms. The topological polar surface area (TPSA) is 30.2 Å². The molecular formula is C15H7ClF2O2. The fraction of sp³-hybridized carbons (Fsp3) is 0. The molecule has 3 rings (SSSR count). The first-order valence-corrected chi connectivity index (χ1v) is 6.11. The van der Waals surface area contributed by atoms with Gasteiger partial charge in [0.05, 0.1) is 10.9 Å². The van der Waals surface area contributed by atoms with Crippen LogP contribution in [0.15, 0.2) is 51.9 Å². The van der Waals surface area contributed by atoms with Crippen molar-refractivity contribution in [3.05, 3.63) is 69.5 Å². The molecule has 0 amide bonds. The quantitative estimate of drug-likeness (QED) is 0.666. The van der Waals surface area contributed by atoms with Gasteiger partial charge in [0.2, 0.25) is 5.43 Å². The van der Waals surface area contributed by atoms with Gasteiger partial charge in [-0.3, -0.25) is 4.79 Å². The highest BCUT2D eigenvalue weighted by molar-refractivity contribution is 6.31. The van der Waals surface area contributed by atoms with E-state index in [-0.39, 0.29) is 16.5 Å². The SMILES string of the molecule is O=c1c(-c2cccc(F)c2F)coc2cc(Cl)ccc12. The first kappa shape index (κ1) is 12.8. The van der Waals surface area contributed by atoms with Crippen LogP contribution in [0, 0.1) is 11.6 Å². The van der Waals surface area contributed by atoms with Crippen LogP contribution in [0.3, 0.4) is 0 Å². The van der Waals surface area contributed by atoms with Gasteiger partial charge in [0.15, 0.2) is 11.6 Å². The van der Waals surface area contributed by atoms with Gasteiger partial charge in [-0.1, -0.05) is 23.7 Å². The number of halogens is 3. The Hall–Kier alpha value is -2.20. The molecule has 0 saturated carbocycles. The third-order valence-corrected chi connectivity index (χ3v) is 3.21. The Bertz CT molecular complexity index is 871. The van der Waals surface area contributed by atoms with Crippen LogP contribution in [-0.4, -0.2) is 0 Å². The Kier molecular flexibility index (Phi) is 3.03. The van der Waals surface area contributed by atoms with Crippen molar-refractivity contribution >= 4 is 22.6 Å². The van der Waals surface area contributed by atoms with E-state index in [1.807, 2.05) is 0 Å². The summed E-state index contributed by atoms with van der Waals surface area (Å²) in [5, 5.41) is 0.681. The fourth-order valence-electron chi connectivity index (χ4n) is 2.00. The lowest BCUT2D eigenvalue weighted by atomic mass is 10.0. The van der Waals surface area contributed by atoms with E-state index in [9.17, 15) is 13.6 Å². The molecule has 0 aliphatic carbocycles. The summed E-state index contributed by atoms with van der Waals surface area (Å²) in [4.78, 5) is 12.3. The molecule has 0 saturated heterocycles. The van der Waals surface area contributed by atoms with Crippen molar-refractivity contribution in [1.29, 1.82) is 0 Å². The smallest absolute Gasteiger partial charge is 0.200 e. The highest BCUT2D eigenvalue weighted by Crippen LogP contribution is 2.25. The second kappa shape index (κ2) is 4.72. The van der Waals surface area contributed by atoms with E-state index < -0.39 is 17.1 Å². The Balaban J connectivity index is 2.33. The summed E-state index contributed by atoms with van der Waals surface area (Å²) in [5.41, 5.74) is -0.303. The fourth-order valence-corrected chi connectivity index (χ4v) is 2.16. The summed E-state index contributed by atoms with van der Waals surface area (Å²) < 4.78 is 32.3. The van der Waals surface area contributed by atoms with E-state index in [2.05, 4.69) is 0 Å². The highest BCUT2D eigenvalue weighted by Gasteiger charge is 2.15. The van der Waals surface area contributed by atoms with Crippen LogP contribution < -0.4 is 5.43 Å². The summed E-state index contributed by atoms with van der Waals surface area (Å²) in [6.07, 6.45) is 1.11. The Labute approximate surface area is 117 Å². The Morgan fingerprint density at radius 3 is 2.65 bits per heavy atom. The van der Waals surface area contributed by atoms with Crippen LogP contribution in [-0.2, 0) is 0 Å². The third kappa shape index (κ3) is 1.98. The number of benzene rings is 2. The van der Waals surface area contributed by atoms with Crippen LogP contribution in [0.4, 0.5) is 8.78 Å². The third-order valence-electron chi connectivity index (χ3n) is 2.98. The predicted octanol–water partition coefficient (Wildman–Crippen LogP) is 4.39. The molecule has 0 aliphatic heterocycles. The molecule has 0 unspecified atom stereocenters. The van der Waals surface area contributed by atoms with Crippen molar-refractivity contribution in [2.45, 2.75) is 0 Å². The van der Waals surface area contributed by atoms with Gasteiger partial charge in [-0.25, -0.2) is 8.78 Å². The maximum atomic E-state index is 13.8. The monoisotopic (exact) mass is 292 g/mol. The van der Waals surface area contributed by atoms with Crippen molar-refractivity contribution in [2.75, 3.05) is 0 Å². The number of hydrogen-bond donors (Lipinski definition) is 0. The zero-order valence-electron chi connectivity index (χ0n) is 9.99. The van der Waals surface area contributed by atoms with Gasteiger partial charge in [-0.05, 0) is 18.2 Å². The van der Waals surface area contributed by atoms with Crippen LogP contribution in [0.2, 0.25) is 5.02 Å². The van der Waals surface area contributed by atoms with Gasteiger partial charge in [0.25, 0.3) is 0 Å². The van der Waals surface area contributed by atoms with Crippen molar-refractivity contribution in [3.63, 3.8) is 0 Å². The molecule has 3 aromatic rings. The molecule has 0 N–H and O–H groups in total. The average Bonchev–Trinajstić information content (AvgIpc) is 2.43. The van der Waals surface area contributed by atoms with Gasteiger partial charge >= 0.3 is 0 Å². The minimum atomic E-state index is -1.08. The zero-order chi connectivity index (χ0) is 14.3. The minimum absolute atomic E-state index is 0.0307. The molecule has 0 aliphatic rings. The summed E-state index contributed by atoms with van der Waals surface area (Å²) in [6, 6.07) is 8.16. The average molecular weight is 293 g/mol. The molecule has 20 heavy (non-hydrogen) atoms. The Morgan fingerprint density at radius 1 is 1.05 bits per heavy atom. The molecule has 2 aromatic carbocycles. The number of fused-ring (bicyclic) bond motifs is 1. The maximum Gasteiger partial charge on any atom is 0.200 e. The van der Waals surface area contributed by atoms with Gasteiger partial charge in [-0.2, -0.15) is 0 Å². The molecule has 0 atom stereocenters. The van der Waals surface area contributed by atoms with E-state index >= 15 is 0 Å². The lowest BCUT2D eigenvalue weighted by Crippen LogP contribution is -2.06. The van der Waals surface area contributed by atoms with E-state index in [4.69, 9.17) is 16.0 Å². The first-order chi connectivity index (χ1) is 9.58. The zero-order valence-corrected chi connectivity index (χ0v) is 10.7. The lowest BCUT2D eigenvalue weighted by Gasteiger charge is -2.04. The second-order valence-electron chi connectivity index (χ2n) is 4.22. The van der Waals surface area contributed by atoms with Crippen molar-refractivity contribution in [1.82, 2.24) is 0 Å². The predicted molar refractivity (Wildman–Crippen MR) is 72.8 cm³/mol. The largest absolute Gasteiger partial charge is 0.463 e. The molecule has 100 valence electrons. The number of rotatable bonds is 1. The van der Waals surface area contributed by atoms with Gasteiger partial charge in [0.1, 0.15) is 11.8 Å². The standard InChI is InChI=1S/C15H7ClF2O2/c16-8-4-5-10-13(6-8)20-7-11(15(10)19)9-2-1-3-12(17)14(9)18/h1-7H. The molecule has 0 radical (unpaired) electrons. The normalized spacial score (nSPS) is 10.9. The Morgan fingerprint density at radius 2 is 1.85 bits per heavy atom. The summed E-state index contributed by atoms with van der Waals surface area (Å²) in [5.74, 6) is -2.09. The van der Waals surface area contributed by atoms with Crippen molar-refractivity contribution in [2.24, 2.45) is 0 Å². The van der Waals surface area contributed by atoms with Crippen LogP contribution >= 0.6 is 11.6 Å². The van der Waals surface area contributed by atoms with Crippen molar-refractivity contribution < 1.29 is 13.2 Å². The highest BCUT2D eigenvalue weighted by atomic mass is 35.5. The summed E-state index contributed by atoms with van der Waals surface area (Å²) in [7, 11) is 0. The van der Waals surface area contributed by atoms with Crippen LogP contribution in [0.5, 0.6) is 0 Å². The molecule has 2 nitrogen and oxygen atoms in total. The second-order valence-corrected chi connectivity index (χ2v) is 4.66. The summed E-state index contributed by atoms with van der Waals surface area (Å²) >= 11 is 5.80. The molecule has 1 heterocycles. The first-order valence-electron chi connectivity index (χ1n) is 5.73. The van der Waals surface area contributed by atoms with E-state index in [0.29, 0.717) is 10.6 Å². The number of hydrogen-bond acceptors (Lipinski definition) is 2. The molecule has 0 fully saturated rings. The molecule has 1 aromatic heterocycles. The summed E-state index contributed by atoms with van der Waals surface area (Å²) in [6.45, 7) is 0. The molecule has 5 heteroatoms. The lowest BCUT2D eigenvalue weighted by molar-refractivity contribution is 0.510. The van der Waals surface area contributed by atoms with Crippen LogP contribution in [0.1, 0.15) is 0 Å². The van der Waals surface area contributed by atoms with Gasteiger partial charge in [-0.15, -0.1) is 0 Å². The maximum absolute atomic E-state index is 13.8. The minimum Gasteiger partial charge on any atom is -0.463 e.